The number of halogens is 1. The van der Waals surface area contributed by atoms with Crippen molar-refractivity contribution in [3.8, 4) is 0 Å². The number of alkyl halides is 1. The molecule has 0 radical (unpaired) electrons. The first-order chi connectivity index (χ1) is 7.07. The van der Waals surface area contributed by atoms with Crippen molar-refractivity contribution < 1.29 is 14.4 Å². The van der Waals surface area contributed by atoms with E-state index in [1.165, 1.54) is 32.1 Å². The zero-order valence-corrected chi connectivity index (χ0v) is 10.8. The van der Waals surface area contributed by atoms with Crippen LogP contribution in [0.2, 0.25) is 0 Å². The molecule has 1 aliphatic carbocycles. The van der Waals surface area contributed by atoms with Crippen LogP contribution in [0.3, 0.4) is 0 Å². The van der Waals surface area contributed by atoms with Crippen LogP contribution in [0, 0.1) is 0 Å². The van der Waals surface area contributed by atoms with Gasteiger partial charge in [-0.3, -0.25) is 0 Å². The smallest absolute Gasteiger partial charge is 0.302 e. The van der Waals surface area contributed by atoms with Gasteiger partial charge in [0, 0.05) is 23.0 Å². The first kappa shape index (κ1) is 15.3. The average molecular weight is 257 g/mol. The lowest BCUT2D eigenvalue weighted by Crippen LogP contribution is -2.34. The van der Waals surface area contributed by atoms with E-state index in [-0.39, 0.29) is 0 Å². The van der Waals surface area contributed by atoms with Gasteiger partial charge >= 0.3 is 8.25 Å². The van der Waals surface area contributed by atoms with Crippen LogP contribution in [0.4, 0.5) is 0 Å². The van der Waals surface area contributed by atoms with Gasteiger partial charge < -0.3 is 4.90 Å². The molecule has 90 valence electrons. The first-order valence-electron chi connectivity index (χ1n) is 5.19. The van der Waals surface area contributed by atoms with Crippen molar-refractivity contribution in [2.45, 2.75) is 38.1 Å². The lowest BCUT2D eigenvalue weighted by atomic mass is 9.94. The molecule has 1 aliphatic rings. The molecule has 15 heavy (non-hydrogen) atoms. The Morgan fingerprint density at radius 2 is 1.80 bits per heavy atom. The van der Waals surface area contributed by atoms with Crippen molar-refractivity contribution in [2.24, 2.45) is 0 Å². The van der Waals surface area contributed by atoms with Crippen molar-refractivity contribution in [3.05, 3.63) is 0 Å². The van der Waals surface area contributed by atoms with Gasteiger partial charge in [-0.15, -0.1) is 21.4 Å². The highest BCUT2D eigenvalue weighted by Gasteiger charge is 2.16. The molecule has 0 bridgehead atoms. The second-order valence-corrected chi connectivity index (χ2v) is 4.60. The highest BCUT2D eigenvalue weighted by Crippen LogP contribution is 2.21. The third kappa shape index (κ3) is 9.21. The number of hydrogen-bond donors (Lipinski definition) is 2. The van der Waals surface area contributed by atoms with Crippen LogP contribution in [0.15, 0.2) is 0 Å². The van der Waals surface area contributed by atoms with E-state index in [9.17, 15) is 0 Å². The summed E-state index contributed by atoms with van der Waals surface area (Å²) in [5.41, 5.74) is 0. The maximum Gasteiger partial charge on any atom is 0.692 e. The van der Waals surface area contributed by atoms with Crippen molar-refractivity contribution in [1.29, 1.82) is 0 Å². The lowest BCUT2D eigenvalue weighted by Gasteiger charge is -2.30. The minimum Gasteiger partial charge on any atom is -0.302 e. The summed E-state index contributed by atoms with van der Waals surface area (Å²) in [6.07, 6.45) is 7.03. The van der Waals surface area contributed by atoms with Crippen molar-refractivity contribution in [3.63, 3.8) is 0 Å². The average Bonchev–Trinajstić information content (AvgIpc) is 2.19. The molecule has 1 saturated carbocycles. The van der Waals surface area contributed by atoms with Crippen LogP contribution in [0.25, 0.3) is 0 Å². The van der Waals surface area contributed by atoms with Gasteiger partial charge in [-0.25, -0.2) is 0 Å². The van der Waals surface area contributed by atoms with Crippen LogP contribution >= 0.6 is 19.9 Å². The Bertz CT molecular complexity index is 173. The largest absolute Gasteiger partial charge is 0.692 e. The van der Waals surface area contributed by atoms with E-state index in [0.29, 0.717) is 0 Å². The van der Waals surface area contributed by atoms with Crippen LogP contribution in [-0.4, -0.2) is 40.2 Å². The number of nitrogens with zero attached hydrogens (tertiary/aromatic N) is 1. The second-order valence-electron chi connectivity index (χ2n) is 3.71. The second kappa shape index (κ2) is 9.49. The fourth-order valence-corrected chi connectivity index (χ4v) is 2.10. The summed E-state index contributed by atoms with van der Waals surface area (Å²) >= 11 is 5.67. The minimum absolute atomic E-state index is 0.771. The van der Waals surface area contributed by atoms with Crippen LogP contribution in [0.1, 0.15) is 32.1 Å². The molecule has 2 N–H and O–H groups in total. The van der Waals surface area contributed by atoms with Crippen LogP contribution in [0.5, 0.6) is 0 Å². The van der Waals surface area contributed by atoms with Gasteiger partial charge in [-0.05, 0) is 19.9 Å². The van der Waals surface area contributed by atoms with Gasteiger partial charge in [-0.2, -0.15) is 0 Å². The van der Waals surface area contributed by atoms with Gasteiger partial charge in [-0.1, -0.05) is 19.3 Å². The van der Waals surface area contributed by atoms with Gasteiger partial charge in [0.05, 0.1) is 0 Å². The zero-order chi connectivity index (χ0) is 11.7. The Morgan fingerprint density at radius 3 is 2.20 bits per heavy atom. The summed E-state index contributed by atoms with van der Waals surface area (Å²) in [6.45, 7) is 1.05. The summed E-state index contributed by atoms with van der Waals surface area (Å²) in [7, 11) is -0.678. The van der Waals surface area contributed by atoms with E-state index >= 15 is 0 Å². The fourth-order valence-electron chi connectivity index (χ4n) is 1.84. The molecule has 1 rings (SSSR count). The minimum atomic E-state index is -2.87. The summed E-state index contributed by atoms with van der Waals surface area (Å²) < 4.78 is 8.70. The molecule has 0 aromatic rings. The summed E-state index contributed by atoms with van der Waals surface area (Å²) in [5, 5.41) is 0. The Kier molecular flexibility index (Phi) is 9.66. The van der Waals surface area contributed by atoms with Gasteiger partial charge in [0.2, 0.25) is 0 Å². The molecule has 0 heterocycles. The Balaban J connectivity index is 0.000000423. The van der Waals surface area contributed by atoms with Crippen molar-refractivity contribution >= 4 is 19.9 Å². The molecule has 0 spiro atoms. The van der Waals surface area contributed by atoms with Gasteiger partial charge in [0.25, 0.3) is 0 Å². The van der Waals surface area contributed by atoms with Crippen LogP contribution < -0.4 is 0 Å². The van der Waals surface area contributed by atoms with E-state index in [1.54, 1.807) is 0 Å². The molecule has 0 atom stereocenters. The number of rotatable bonds is 3. The Morgan fingerprint density at radius 1 is 1.33 bits per heavy atom. The maximum atomic E-state index is 8.70. The lowest BCUT2D eigenvalue weighted by molar-refractivity contribution is 0.201. The van der Waals surface area contributed by atoms with E-state index in [0.717, 1.165) is 18.5 Å². The molecule has 0 aromatic heterocycles. The highest BCUT2D eigenvalue weighted by atomic mass is 35.5. The molecule has 0 aromatic carbocycles. The van der Waals surface area contributed by atoms with Crippen LogP contribution in [-0.2, 0) is 4.57 Å². The molecule has 0 amide bonds. The Labute approximate surface area is 97.2 Å². The molecule has 0 saturated heterocycles. The van der Waals surface area contributed by atoms with E-state index < -0.39 is 8.25 Å². The molecule has 1 fully saturated rings. The predicted octanol–water partition coefficient (Wildman–Crippen LogP) is 2.12. The summed E-state index contributed by atoms with van der Waals surface area (Å²) in [4.78, 5) is 16.6. The fraction of sp³-hybridized carbons (Fsp3) is 1.00. The third-order valence-corrected chi connectivity index (χ3v) is 2.80. The van der Waals surface area contributed by atoms with E-state index in [1.807, 2.05) is 0 Å². The van der Waals surface area contributed by atoms with E-state index in [2.05, 4.69) is 11.9 Å². The maximum absolute atomic E-state index is 8.70. The summed E-state index contributed by atoms with van der Waals surface area (Å²) in [5.74, 6) is 0.771. The normalized spacial score (nSPS) is 17.1. The zero-order valence-electron chi connectivity index (χ0n) is 9.10. The SMILES string of the molecule is CN(CCCl)C1CCCCC1.O=[P+](O)O. The van der Waals surface area contributed by atoms with Gasteiger partial charge in [0.15, 0.2) is 0 Å². The van der Waals surface area contributed by atoms with Gasteiger partial charge in [0.1, 0.15) is 0 Å². The first-order valence-corrected chi connectivity index (χ1v) is 6.89. The highest BCUT2D eigenvalue weighted by molar-refractivity contribution is 7.30. The number of hydrogen-bond acceptors (Lipinski definition) is 2. The third-order valence-electron chi connectivity index (χ3n) is 2.64. The molecule has 0 unspecified atom stereocenters. The summed E-state index contributed by atoms with van der Waals surface area (Å²) in [6, 6.07) is 0.822. The molecular formula is C9H20ClNO3P+. The molecule has 0 aliphatic heterocycles. The quantitative estimate of drug-likeness (QED) is 0.600. The molecule has 6 heteroatoms. The predicted molar refractivity (Wildman–Crippen MR) is 62.3 cm³/mol. The molecule has 4 nitrogen and oxygen atoms in total. The monoisotopic (exact) mass is 256 g/mol. The Hall–Kier alpha value is 0.270. The van der Waals surface area contributed by atoms with Crippen molar-refractivity contribution in [1.82, 2.24) is 4.90 Å². The topological polar surface area (TPSA) is 60.8 Å². The van der Waals surface area contributed by atoms with E-state index in [4.69, 9.17) is 26.0 Å². The van der Waals surface area contributed by atoms with Crippen molar-refractivity contribution in [2.75, 3.05) is 19.5 Å². The standard InChI is InChI=1S/C9H18ClN.HO3P/c1-11(8-7-10)9-5-3-2-4-6-9;1-4(2)3/h9H,2-8H2,1H3;(H-,1,2,3)/p+1. The molecular weight excluding hydrogens is 237 g/mol.